The molecule has 13 heteroatoms. The summed E-state index contributed by atoms with van der Waals surface area (Å²) in [5.74, 6) is -1.08. The van der Waals surface area contributed by atoms with Crippen LogP contribution >= 0.6 is 0 Å². The number of urea groups is 1. The van der Waals surface area contributed by atoms with Crippen LogP contribution in [0, 0.1) is 17.6 Å². The van der Waals surface area contributed by atoms with E-state index in [9.17, 15) is 26.7 Å². The van der Waals surface area contributed by atoms with E-state index in [0.717, 1.165) is 25.0 Å². The van der Waals surface area contributed by atoms with Gasteiger partial charge < -0.3 is 15.4 Å². The molecule has 0 radical (unpaired) electrons. The van der Waals surface area contributed by atoms with Crippen molar-refractivity contribution in [2.75, 3.05) is 17.2 Å². The summed E-state index contributed by atoms with van der Waals surface area (Å²) in [6.07, 6.45) is -3.20. The fourth-order valence-electron chi connectivity index (χ4n) is 4.23. The number of hydrogen-bond donors (Lipinski definition) is 3. The zero-order valence-electron chi connectivity index (χ0n) is 20.9. The van der Waals surface area contributed by atoms with Crippen molar-refractivity contribution < 1.29 is 31.5 Å². The van der Waals surface area contributed by atoms with Crippen LogP contribution in [0.25, 0.3) is 22.5 Å². The Labute approximate surface area is 224 Å². The molecule has 5 rings (SSSR count). The number of alkyl halides is 3. The molecule has 8 nitrogen and oxygen atoms in total. The number of aromatic amines is 1. The predicted molar refractivity (Wildman–Crippen MR) is 137 cm³/mol. The quantitative estimate of drug-likeness (QED) is 0.197. The number of halogens is 5. The third-order valence-corrected chi connectivity index (χ3v) is 6.26. The maximum absolute atomic E-state index is 14.2. The highest BCUT2D eigenvalue weighted by Gasteiger charge is 2.29. The van der Waals surface area contributed by atoms with Crippen molar-refractivity contribution >= 4 is 17.4 Å². The number of ether oxygens (including phenoxy) is 1. The number of H-pyrrole nitrogens is 1. The van der Waals surface area contributed by atoms with E-state index in [1.807, 2.05) is 12.1 Å². The Hall–Kier alpha value is -4.55. The van der Waals surface area contributed by atoms with Gasteiger partial charge in [0, 0.05) is 11.6 Å². The molecule has 208 valence electrons. The minimum absolute atomic E-state index is 0.0817. The molecule has 0 saturated heterocycles. The molecule has 40 heavy (non-hydrogen) atoms. The summed E-state index contributed by atoms with van der Waals surface area (Å²) in [4.78, 5) is 12.9. The Morgan fingerprint density at radius 3 is 2.42 bits per heavy atom. The maximum Gasteiger partial charge on any atom is 0.392 e. The van der Waals surface area contributed by atoms with Gasteiger partial charge in [0.1, 0.15) is 17.4 Å². The molecule has 0 atom stereocenters. The van der Waals surface area contributed by atoms with Gasteiger partial charge in [-0.25, -0.2) is 13.6 Å². The standard InChI is InChI=1S/C27H23F5N6O2/c28-18-7-8-22(21(29)14-18)33-26(39)34-23-13-16(19-3-1-2-4-20(19)25-35-37-38-36-25)12-17(11-15-5-6-15)24(23)40-10-9-27(30,31)32/h1-4,7-8,12-15H,5-6,9-11H2,(H2,33,34,39)(H,35,36,37,38). The molecule has 0 bridgehead atoms. The number of carbonyl (C=O) groups is 1. The number of aromatic nitrogens is 4. The van der Waals surface area contributed by atoms with Crippen LogP contribution in [0.2, 0.25) is 0 Å². The van der Waals surface area contributed by atoms with E-state index in [0.29, 0.717) is 46.5 Å². The summed E-state index contributed by atoms with van der Waals surface area (Å²) >= 11 is 0. The second kappa shape index (κ2) is 11.3. The molecular weight excluding hydrogens is 535 g/mol. The van der Waals surface area contributed by atoms with Gasteiger partial charge in [0.15, 0.2) is 0 Å². The number of tetrazole rings is 1. The van der Waals surface area contributed by atoms with Crippen molar-refractivity contribution in [3.8, 4) is 28.3 Å². The Morgan fingerprint density at radius 1 is 1.00 bits per heavy atom. The Morgan fingerprint density at radius 2 is 1.75 bits per heavy atom. The number of benzene rings is 3. The van der Waals surface area contributed by atoms with E-state index in [1.54, 1.807) is 24.3 Å². The lowest BCUT2D eigenvalue weighted by molar-refractivity contribution is -0.139. The van der Waals surface area contributed by atoms with Gasteiger partial charge in [0.25, 0.3) is 0 Å². The highest BCUT2D eigenvalue weighted by molar-refractivity contribution is 6.01. The summed E-state index contributed by atoms with van der Waals surface area (Å²) in [6, 6.07) is 12.3. The van der Waals surface area contributed by atoms with Gasteiger partial charge in [0.05, 0.1) is 24.4 Å². The number of nitrogens with one attached hydrogen (secondary N) is 3. The number of carbonyl (C=O) groups excluding carboxylic acids is 1. The normalized spacial score (nSPS) is 13.2. The average molecular weight is 559 g/mol. The minimum Gasteiger partial charge on any atom is -0.491 e. The van der Waals surface area contributed by atoms with Gasteiger partial charge in [-0.3, -0.25) is 0 Å². The largest absolute Gasteiger partial charge is 0.491 e. The van der Waals surface area contributed by atoms with E-state index in [4.69, 9.17) is 4.74 Å². The van der Waals surface area contributed by atoms with Crippen LogP contribution in [0.1, 0.15) is 24.8 Å². The van der Waals surface area contributed by atoms with Crippen LogP contribution < -0.4 is 15.4 Å². The smallest absolute Gasteiger partial charge is 0.392 e. The Kier molecular flexibility index (Phi) is 7.63. The van der Waals surface area contributed by atoms with E-state index < -0.39 is 36.9 Å². The molecule has 4 aromatic rings. The topological polar surface area (TPSA) is 105 Å². The Balaban J connectivity index is 1.55. The first-order valence-corrected chi connectivity index (χ1v) is 12.4. The molecule has 0 spiro atoms. The molecule has 1 saturated carbocycles. The van der Waals surface area contributed by atoms with Crippen LogP contribution in [0.4, 0.5) is 38.1 Å². The zero-order valence-corrected chi connectivity index (χ0v) is 20.9. The second-order valence-corrected chi connectivity index (χ2v) is 9.36. The lowest BCUT2D eigenvalue weighted by Crippen LogP contribution is -2.21. The number of amides is 2. The Bertz CT molecular complexity index is 1510. The summed E-state index contributed by atoms with van der Waals surface area (Å²) in [7, 11) is 0. The van der Waals surface area contributed by atoms with E-state index in [-0.39, 0.29) is 17.1 Å². The highest BCUT2D eigenvalue weighted by atomic mass is 19.4. The first-order valence-electron chi connectivity index (χ1n) is 12.4. The fraction of sp³-hybridized carbons (Fsp3) is 0.259. The SMILES string of the molecule is O=C(Nc1ccc(F)cc1F)Nc1cc(-c2ccccc2-c2nn[nH]n2)cc(CC2CC2)c1OCCC(F)(F)F. The number of anilines is 2. The summed E-state index contributed by atoms with van der Waals surface area (Å²) in [6.45, 7) is -0.664. The molecule has 3 N–H and O–H groups in total. The molecule has 0 aliphatic heterocycles. The molecule has 3 aromatic carbocycles. The molecule has 1 aromatic heterocycles. The molecule has 0 unspecified atom stereocenters. The van der Waals surface area contributed by atoms with Gasteiger partial charge in [0.2, 0.25) is 5.82 Å². The molecule has 1 aliphatic rings. The molecule has 2 amide bonds. The van der Waals surface area contributed by atoms with Crippen LogP contribution in [-0.2, 0) is 6.42 Å². The van der Waals surface area contributed by atoms with Crippen molar-refractivity contribution in [1.29, 1.82) is 0 Å². The molecule has 1 heterocycles. The predicted octanol–water partition coefficient (Wildman–Crippen LogP) is 6.74. The minimum atomic E-state index is -4.44. The average Bonchev–Trinajstić information content (AvgIpc) is 3.54. The number of rotatable bonds is 9. The third kappa shape index (κ3) is 6.71. The second-order valence-electron chi connectivity index (χ2n) is 9.36. The first kappa shape index (κ1) is 27.0. The van der Waals surface area contributed by atoms with E-state index in [2.05, 4.69) is 31.3 Å². The summed E-state index contributed by atoms with van der Waals surface area (Å²) in [5, 5.41) is 19.0. The van der Waals surface area contributed by atoms with Crippen molar-refractivity contribution in [1.82, 2.24) is 20.6 Å². The van der Waals surface area contributed by atoms with Crippen molar-refractivity contribution in [3.63, 3.8) is 0 Å². The van der Waals surface area contributed by atoms with Crippen molar-refractivity contribution in [3.05, 3.63) is 71.8 Å². The van der Waals surface area contributed by atoms with E-state index >= 15 is 0 Å². The van der Waals surface area contributed by atoms with E-state index in [1.165, 1.54) is 0 Å². The van der Waals surface area contributed by atoms with Gasteiger partial charge in [-0.1, -0.05) is 24.3 Å². The molecular formula is C27H23F5N6O2. The fourth-order valence-corrected chi connectivity index (χ4v) is 4.23. The lowest BCUT2D eigenvalue weighted by Gasteiger charge is -2.20. The first-order chi connectivity index (χ1) is 19.2. The van der Waals surface area contributed by atoms with Gasteiger partial charge in [-0.2, -0.15) is 18.4 Å². The molecule has 1 fully saturated rings. The summed E-state index contributed by atoms with van der Waals surface area (Å²) in [5.41, 5.74) is 2.32. The third-order valence-electron chi connectivity index (χ3n) is 6.26. The highest BCUT2D eigenvalue weighted by Crippen LogP contribution is 2.42. The number of nitrogens with zero attached hydrogens (tertiary/aromatic N) is 3. The van der Waals surface area contributed by atoms with Gasteiger partial charge in [-0.15, -0.1) is 10.2 Å². The van der Waals surface area contributed by atoms with Crippen molar-refractivity contribution in [2.45, 2.75) is 31.9 Å². The van der Waals surface area contributed by atoms with Crippen LogP contribution in [0.5, 0.6) is 5.75 Å². The van der Waals surface area contributed by atoms with Crippen LogP contribution in [0.15, 0.2) is 54.6 Å². The van der Waals surface area contributed by atoms with Crippen molar-refractivity contribution in [2.24, 2.45) is 5.92 Å². The van der Waals surface area contributed by atoms with Gasteiger partial charge >= 0.3 is 12.2 Å². The van der Waals surface area contributed by atoms with Crippen LogP contribution in [0.3, 0.4) is 0 Å². The molecule has 1 aliphatic carbocycles. The summed E-state index contributed by atoms with van der Waals surface area (Å²) < 4.78 is 71.8. The number of hydrogen-bond acceptors (Lipinski definition) is 5. The lowest BCUT2D eigenvalue weighted by atomic mass is 9.94. The zero-order chi connectivity index (χ0) is 28.3. The maximum atomic E-state index is 14.2. The monoisotopic (exact) mass is 558 g/mol. The van der Waals surface area contributed by atoms with Crippen LogP contribution in [-0.4, -0.2) is 39.4 Å². The van der Waals surface area contributed by atoms with Gasteiger partial charge in [-0.05, 0) is 71.3 Å².